The molecule has 0 bridgehead atoms. The summed E-state index contributed by atoms with van der Waals surface area (Å²) in [4.78, 5) is 19.6. The summed E-state index contributed by atoms with van der Waals surface area (Å²) in [5.74, 6) is -3.77. The molecule has 1 aliphatic rings. The van der Waals surface area contributed by atoms with Gasteiger partial charge in [-0.25, -0.2) is 0 Å². The molecule has 1 aromatic carbocycles. The zero-order valence-corrected chi connectivity index (χ0v) is 12.4. The largest absolute Gasteiger partial charge is 0.506 e. The summed E-state index contributed by atoms with van der Waals surface area (Å²) in [6.07, 6.45) is -4.90. The maximum atomic E-state index is 13.5. The molecule has 1 aliphatic carbocycles. The van der Waals surface area contributed by atoms with Crippen LogP contribution < -0.4 is 0 Å². The predicted octanol–water partition coefficient (Wildman–Crippen LogP) is 3.71. The minimum absolute atomic E-state index is 0.304. The number of allylic oxidation sites excluding steroid dienone is 3. The Kier molecular flexibility index (Phi) is 4.68. The van der Waals surface area contributed by atoms with Gasteiger partial charge in [0.05, 0.1) is 9.85 Å². The number of aliphatic hydroxyl groups excluding tert-OH is 1. The van der Waals surface area contributed by atoms with Crippen LogP contribution in [0.5, 0.6) is 5.75 Å². The molecule has 134 valence electrons. The predicted molar refractivity (Wildman–Crippen MR) is 77.5 cm³/mol. The molecule has 0 saturated carbocycles. The number of benzene rings is 1. The molecule has 1 atom stereocenters. The van der Waals surface area contributed by atoms with E-state index in [2.05, 4.69) is 0 Å². The fourth-order valence-electron chi connectivity index (χ4n) is 2.59. The number of hydrogen-bond donors (Lipinski definition) is 2. The fraction of sp³-hybridized carbons (Fsp3) is 0.286. The average molecular weight is 360 g/mol. The van der Waals surface area contributed by atoms with Crippen molar-refractivity contribution in [2.75, 3.05) is 0 Å². The van der Waals surface area contributed by atoms with Gasteiger partial charge in [-0.05, 0) is 23.6 Å². The monoisotopic (exact) mass is 360 g/mol. The van der Waals surface area contributed by atoms with Gasteiger partial charge in [-0.1, -0.05) is 6.07 Å². The van der Waals surface area contributed by atoms with Gasteiger partial charge in [-0.2, -0.15) is 13.2 Å². The number of phenols is 1. The highest BCUT2D eigenvalue weighted by atomic mass is 19.4. The second-order valence-electron chi connectivity index (χ2n) is 5.29. The number of alkyl halides is 3. The Bertz CT molecular complexity index is 800. The SMILES string of the molecule is O=[N+]([O-])C1=C(O)CCC(C(c2ccc(O)c([N+](=O)[O-])c2)C(F)(F)F)=C1. The maximum Gasteiger partial charge on any atom is 0.399 e. The highest BCUT2D eigenvalue weighted by Gasteiger charge is 2.45. The quantitative estimate of drug-likeness (QED) is 0.622. The number of hydrogen-bond acceptors (Lipinski definition) is 6. The Morgan fingerprint density at radius 2 is 1.72 bits per heavy atom. The molecule has 8 nitrogen and oxygen atoms in total. The van der Waals surface area contributed by atoms with Gasteiger partial charge in [-0.15, -0.1) is 0 Å². The summed E-state index contributed by atoms with van der Waals surface area (Å²) in [6, 6.07) is 2.21. The van der Waals surface area contributed by atoms with Gasteiger partial charge in [0.25, 0.3) is 0 Å². The van der Waals surface area contributed by atoms with Crippen LogP contribution in [0.25, 0.3) is 0 Å². The van der Waals surface area contributed by atoms with Crippen LogP contribution in [0, 0.1) is 20.2 Å². The topological polar surface area (TPSA) is 127 Å². The maximum absolute atomic E-state index is 13.5. The van der Waals surface area contributed by atoms with Gasteiger partial charge in [0.15, 0.2) is 11.5 Å². The van der Waals surface area contributed by atoms with Crippen LogP contribution in [-0.4, -0.2) is 26.2 Å². The van der Waals surface area contributed by atoms with Crippen LogP contribution >= 0.6 is 0 Å². The molecule has 11 heteroatoms. The number of phenolic OH excluding ortho intramolecular Hbond substituents is 1. The number of nitro groups is 2. The van der Waals surface area contributed by atoms with E-state index in [1.54, 1.807) is 0 Å². The molecule has 0 aliphatic heterocycles. The van der Waals surface area contributed by atoms with Crippen LogP contribution in [0.4, 0.5) is 18.9 Å². The molecule has 0 heterocycles. The van der Waals surface area contributed by atoms with E-state index in [1.807, 2.05) is 0 Å². The van der Waals surface area contributed by atoms with E-state index in [-0.39, 0.29) is 12.8 Å². The van der Waals surface area contributed by atoms with Crippen LogP contribution in [-0.2, 0) is 0 Å². The van der Waals surface area contributed by atoms with Crippen LogP contribution in [0.15, 0.2) is 41.3 Å². The van der Waals surface area contributed by atoms with E-state index in [1.165, 1.54) is 0 Å². The molecule has 2 rings (SSSR count). The molecule has 25 heavy (non-hydrogen) atoms. The summed E-state index contributed by atoms with van der Waals surface area (Å²) in [5, 5.41) is 40.5. The van der Waals surface area contributed by atoms with Crippen molar-refractivity contribution in [3.8, 4) is 5.75 Å². The van der Waals surface area contributed by atoms with Crippen molar-refractivity contribution in [1.29, 1.82) is 0 Å². The third kappa shape index (κ3) is 3.70. The molecule has 0 amide bonds. The number of nitrogens with zero attached hydrogens (tertiary/aromatic N) is 2. The lowest BCUT2D eigenvalue weighted by Gasteiger charge is -2.25. The standard InChI is InChI=1S/C14H11F3N2O6/c15-14(16,17)13(7-1-3-11(20)9(5-7)18(22)23)8-2-4-12(21)10(6-8)19(24)25/h1,3,5-6,13,20-21H,2,4H2. The zero-order chi connectivity index (χ0) is 18.9. The second kappa shape index (κ2) is 6.42. The molecule has 1 aromatic rings. The van der Waals surface area contributed by atoms with Gasteiger partial charge < -0.3 is 10.2 Å². The van der Waals surface area contributed by atoms with Crippen molar-refractivity contribution in [1.82, 2.24) is 0 Å². The second-order valence-corrected chi connectivity index (χ2v) is 5.29. The number of halogens is 3. The van der Waals surface area contributed by atoms with E-state index >= 15 is 0 Å². The van der Waals surface area contributed by atoms with Crippen molar-refractivity contribution in [2.45, 2.75) is 24.9 Å². The third-order valence-corrected chi connectivity index (χ3v) is 3.69. The molecule has 2 N–H and O–H groups in total. The van der Waals surface area contributed by atoms with E-state index in [4.69, 9.17) is 0 Å². The zero-order valence-electron chi connectivity index (χ0n) is 12.4. The number of rotatable bonds is 4. The lowest BCUT2D eigenvalue weighted by molar-refractivity contribution is -0.422. The lowest BCUT2D eigenvalue weighted by Crippen LogP contribution is -2.24. The van der Waals surface area contributed by atoms with Crippen LogP contribution in [0.1, 0.15) is 24.3 Å². The molecule has 0 radical (unpaired) electrons. The summed E-state index contributed by atoms with van der Waals surface area (Å²) < 4.78 is 40.6. The van der Waals surface area contributed by atoms with Gasteiger partial charge >= 0.3 is 17.6 Å². The van der Waals surface area contributed by atoms with E-state index in [0.717, 1.165) is 12.1 Å². The highest BCUT2D eigenvalue weighted by Crippen LogP contribution is 2.45. The third-order valence-electron chi connectivity index (χ3n) is 3.69. The molecule has 0 spiro atoms. The molecular formula is C14H11F3N2O6. The van der Waals surface area contributed by atoms with Gasteiger partial charge in [0.2, 0.25) is 0 Å². The number of aromatic hydroxyl groups is 1. The van der Waals surface area contributed by atoms with Crippen molar-refractivity contribution < 1.29 is 33.2 Å². The summed E-state index contributed by atoms with van der Waals surface area (Å²) in [7, 11) is 0. The summed E-state index contributed by atoms with van der Waals surface area (Å²) in [6.45, 7) is 0. The average Bonchev–Trinajstić information content (AvgIpc) is 2.49. The van der Waals surface area contributed by atoms with Crippen LogP contribution in [0.2, 0.25) is 0 Å². The fourth-order valence-corrected chi connectivity index (χ4v) is 2.59. The Morgan fingerprint density at radius 3 is 2.24 bits per heavy atom. The Morgan fingerprint density at radius 1 is 1.08 bits per heavy atom. The molecule has 0 fully saturated rings. The van der Waals surface area contributed by atoms with Crippen molar-refractivity contribution >= 4 is 5.69 Å². The van der Waals surface area contributed by atoms with Gasteiger partial charge in [0.1, 0.15) is 5.92 Å². The Hall–Kier alpha value is -3.11. The molecule has 1 unspecified atom stereocenters. The first kappa shape index (κ1) is 18.2. The van der Waals surface area contributed by atoms with Crippen molar-refractivity contribution in [3.05, 3.63) is 67.1 Å². The number of nitro benzene ring substituents is 1. The number of aliphatic hydroxyl groups is 1. The van der Waals surface area contributed by atoms with Gasteiger partial charge in [0, 0.05) is 18.6 Å². The summed E-state index contributed by atoms with van der Waals surface area (Å²) >= 11 is 0. The molecule has 0 saturated heterocycles. The first-order valence-electron chi connectivity index (χ1n) is 6.83. The normalized spacial score (nSPS) is 16.4. The summed E-state index contributed by atoms with van der Waals surface area (Å²) in [5.41, 5.74) is -2.69. The first-order valence-corrected chi connectivity index (χ1v) is 6.83. The minimum Gasteiger partial charge on any atom is -0.506 e. The van der Waals surface area contributed by atoms with E-state index in [9.17, 15) is 43.6 Å². The Balaban J connectivity index is 2.60. The van der Waals surface area contributed by atoms with Crippen molar-refractivity contribution in [3.63, 3.8) is 0 Å². The first-order chi connectivity index (χ1) is 11.5. The highest BCUT2D eigenvalue weighted by molar-refractivity contribution is 5.50. The minimum atomic E-state index is -4.88. The van der Waals surface area contributed by atoms with Gasteiger partial charge in [-0.3, -0.25) is 20.2 Å². The lowest BCUT2D eigenvalue weighted by atomic mass is 9.84. The molecular weight excluding hydrogens is 349 g/mol. The van der Waals surface area contributed by atoms with E-state index in [0.29, 0.717) is 12.1 Å². The van der Waals surface area contributed by atoms with Crippen molar-refractivity contribution in [2.24, 2.45) is 0 Å². The molecule has 0 aromatic heterocycles. The van der Waals surface area contributed by atoms with E-state index < -0.39 is 56.0 Å². The van der Waals surface area contributed by atoms with Crippen LogP contribution in [0.3, 0.4) is 0 Å². The Labute approximate surface area is 137 Å². The smallest absolute Gasteiger partial charge is 0.399 e.